The van der Waals surface area contributed by atoms with Crippen molar-refractivity contribution in [2.75, 3.05) is 13.2 Å². The Morgan fingerprint density at radius 3 is 2.77 bits per heavy atom. The Labute approximate surface area is 79.0 Å². The molecule has 0 atom stereocenters. The normalized spacial score (nSPS) is 10.6. The second-order valence-electron chi connectivity index (χ2n) is 2.78. The number of aliphatic hydroxyl groups is 1. The number of carbonyl (C=O) groups is 1. The van der Waals surface area contributed by atoms with Crippen molar-refractivity contribution in [3.63, 3.8) is 0 Å². The van der Waals surface area contributed by atoms with Crippen molar-refractivity contribution >= 4 is 6.03 Å². The molecule has 2 amide bonds. The lowest BCUT2D eigenvalue weighted by Gasteiger charge is -2.14. The second-order valence-corrected chi connectivity index (χ2v) is 2.78. The molecule has 0 aliphatic carbocycles. The Kier molecular flexibility index (Phi) is 7.01. The first-order valence-electron chi connectivity index (χ1n) is 4.56. The van der Waals surface area contributed by atoms with Crippen molar-refractivity contribution in [2.24, 2.45) is 5.73 Å². The number of hydrogen-bond acceptors (Lipinski definition) is 2. The van der Waals surface area contributed by atoms with Crippen LogP contribution in [0.4, 0.5) is 4.79 Å². The molecule has 0 saturated carbocycles. The zero-order chi connectivity index (χ0) is 10.1. The zero-order valence-electron chi connectivity index (χ0n) is 8.07. The fourth-order valence-corrected chi connectivity index (χ4v) is 0.863. The average molecular weight is 186 g/mol. The van der Waals surface area contributed by atoms with Gasteiger partial charge in [0.05, 0.1) is 0 Å². The molecule has 0 unspecified atom stereocenters. The predicted octanol–water partition coefficient (Wildman–Crippen LogP) is 1.06. The van der Waals surface area contributed by atoms with Crippen molar-refractivity contribution in [2.45, 2.75) is 26.2 Å². The number of carbonyl (C=O) groups excluding carboxylic acids is 1. The fraction of sp³-hybridized carbons (Fsp3) is 0.667. The number of urea groups is 1. The smallest absolute Gasteiger partial charge is 0.318 e. The van der Waals surface area contributed by atoms with Crippen molar-refractivity contribution in [3.8, 4) is 0 Å². The van der Waals surface area contributed by atoms with E-state index in [1.807, 2.05) is 0 Å². The van der Waals surface area contributed by atoms with Gasteiger partial charge in [-0.2, -0.15) is 0 Å². The lowest BCUT2D eigenvalue weighted by Crippen LogP contribution is -2.31. The van der Waals surface area contributed by atoms with Crippen LogP contribution in [0.3, 0.4) is 0 Å². The molecule has 3 N–H and O–H groups in total. The molecule has 0 aliphatic heterocycles. The molecule has 0 aromatic rings. The van der Waals surface area contributed by atoms with Gasteiger partial charge in [0.1, 0.15) is 0 Å². The highest BCUT2D eigenvalue weighted by atomic mass is 16.2. The van der Waals surface area contributed by atoms with Crippen LogP contribution in [-0.2, 0) is 0 Å². The standard InChI is InChI=1S/C9H18N2O2/c1-2-3-6-11(9(10)13)7-4-5-8-12/h4,7,12H,2-3,5-6,8H2,1H3,(H2,10,13). The Balaban J connectivity index is 3.86. The van der Waals surface area contributed by atoms with Gasteiger partial charge in [-0.25, -0.2) is 4.79 Å². The number of nitrogens with two attached hydrogens (primary N) is 1. The molecule has 0 radical (unpaired) electrons. The van der Waals surface area contributed by atoms with Crippen LogP contribution in [0.15, 0.2) is 12.3 Å². The van der Waals surface area contributed by atoms with Crippen molar-refractivity contribution < 1.29 is 9.90 Å². The van der Waals surface area contributed by atoms with Gasteiger partial charge >= 0.3 is 6.03 Å². The molecule has 4 heteroatoms. The fourth-order valence-electron chi connectivity index (χ4n) is 0.863. The maximum Gasteiger partial charge on any atom is 0.318 e. The molecule has 13 heavy (non-hydrogen) atoms. The third-order valence-electron chi connectivity index (χ3n) is 1.62. The van der Waals surface area contributed by atoms with Gasteiger partial charge in [-0.3, -0.25) is 0 Å². The van der Waals surface area contributed by atoms with Gasteiger partial charge in [-0.05, 0) is 12.8 Å². The lowest BCUT2D eigenvalue weighted by atomic mass is 10.3. The minimum Gasteiger partial charge on any atom is -0.396 e. The number of unbranched alkanes of at least 4 members (excludes halogenated alkanes) is 1. The Bertz CT molecular complexity index is 169. The number of aliphatic hydroxyl groups excluding tert-OH is 1. The van der Waals surface area contributed by atoms with E-state index in [9.17, 15) is 4.79 Å². The number of rotatable bonds is 6. The molecular formula is C9H18N2O2. The maximum atomic E-state index is 10.8. The molecule has 0 heterocycles. The molecule has 0 saturated heterocycles. The van der Waals surface area contributed by atoms with E-state index in [0.717, 1.165) is 12.8 Å². The minimum absolute atomic E-state index is 0.0941. The van der Waals surface area contributed by atoms with Gasteiger partial charge in [0.25, 0.3) is 0 Å². The van der Waals surface area contributed by atoms with Crippen LogP contribution < -0.4 is 5.73 Å². The highest BCUT2D eigenvalue weighted by Gasteiger charge is 2.03. The van der Waals surface area contributed by atoms with Gasteiger partial charge in [0.15, 0.2) is 0 Å². The molecule has 0 aromatic heterocycles. The van der Waals surface area contributed by atoms with Crippen LogP contribution in [-0.4, -0.2) is 29.2 Å². The van der Waals surface area contributed by atoms with Gasteiger partial charge in [-0.15, -0.1) is 0 Å². The summed E-state index contributed by atoms with van der Waals surface area (Å²) in [5, 5.41) is 8.51. The van der Waals surface area contributed by atoms with Crippen LogP contribution in [0.1, 0.15) is 26.2 Å². The molecule has 4 nitrogen and oxygen atoms in total. The van der Waals surface area contributed by atoms with Gasteiger partial charge in [0, 0.05) is 19.4 Å². The topological polar surface area (TPSA) is 66.6 Å². The number of primary amides is 1. The molecule has 0 fully saturated rings. The highest BCUT2D eigenvalue weighted by Crippen LogP contribution is 1.96. The van der Waals surface area contributed by atoms with E-state index in [0.29, 0.717) is 13.0 Å². The quantitative estimate of drug-likeness (QED) is 0.651. The summed E-state index contributed by atoms with van der Waals surface area (Å²) in [5.74, 6) is 0. The Morgan fingerprint density at radius 1 is 1.62 bits per heavy atom. The van der Waals surface area contributed by atoms with Gasteiger partial charge in [-0.1, -0.05) is 19.4 Å². The summed E-state index contributed by atoms with van der Waals surface area (Å²) in [6, 6.07) is -0.442. The molecule has 0 bridgehead atoms. The maximum absolute atomic E-state index is 10.8. The number of hydrogen-bond donors (Lipinski definition) is 2. The van der Waals surface area contributed by atoms with E-state index in [1.165, 1.54) is 4.90 Å². The molecule has 76 valence electrons. The van der Waals surface area contributed by atoms with Crippen LogP contribution in [0.25, 0.3) is 0 Å². The Hall–Kier alpha value is -1.03. The monoisotopic (exact) mass is 186 g/mol. The van der Waals surface area contributed by atoms with E-state index in [4.69, 9.17) is 10.8 Å². The summed E-state index contributed by atoms with van der Waals surface area (Å²) in [6.45, 7) is 2.79. The summed E-state index contributed by atoms with van der Waals surface area (Å²) < 4.78 is 0. The largest absolute Gasteiger partial charge is 0.396 e. The molecule has 0 aromatic carbocycles. The van der Waals surface area contributed by atoms with Crippen LogP contribution in [0.2, 0.25) is 0 Å². The number of amides is 2. The summed E-state index contributed by atoms with van der Waals surface area (Å²) in [7, 11) is 0. The first-order chi connectivity index (χ1) is 6.22. The lowest BCUT2D eigenvalue weighted by molar-refractivity contribution is 0.223. The molecular weight excluding hydrogens is 168 g/mol. The van der Waals surface area contributed by atoms with Crippen LogP contribution >= 0.6 is 0 Å². The average Bonchev–Trinajstić information content (AvgIpc) is 2.10. The summed E-state index contributed by atoms with van der Waals surface area (Å²) >= 11 is 0. The molecule has 0 aliphatic rings. The van der Waals surface area contributed by atoms with Crippen molar-refractivity contribution in [3.05, 3.63) is 12.3 Å². The number of nitrogens with zero attached hydrogens (tertiary/aromatic N) is 1. The molecule has 0 rings (SSSR count). The first kappa shape index (κ1) is 12.0. The predicted molar refractivity (Wildman–Crippen MR) is 52.0 cm³/mol. The third-order valence-corrected chi connectivity index (χ3v) is 1.62. The SMILES string of the molecule is CCCCN(C=CCCO)C(N)=O. The van der Waals surface area contributed by atoms with Crippen LogP contribution in [0, 0.1) is 0 Å². The van der Waals surface area contributed by atoms with E-state index in [2.05, 4.69) is 6.92 Å². The zero-order valence-corrected chi connectivity index (χ0v) is 8.07. The molecule has 0 spiro atoms. The first-order valence-corrected chi connectivity index (χ1v) is 4.56. The van der Waals surface area contributed by atoms with Crippen molar-refractivity contribution in [1.29, 1.82) is 0 Å². The van der Waals surface area contributed by atoms with E-state index in [1.54, 1.807) is 12.3 Å². The third kappa shape index (κ3) is 6.16. The van der Waals surface area contributed by atoms with Gasteiger partial charge < -0.3 is 15.7 Å². The second kappa shape index (κ2) is 7.61. The van der Waals surface area contributed by atoms with Crippen LogP contribution in [0.5, 0.6) is 0 Å². The van der Waals surface area contributed by atoms with Crippen molar-refractivity contribution in [1.82, 2.24) is 4.90 Å². The van der Waals surface area contributed by atoms with Gasteiger partial charge in [0.2, 0.25) is 0 Å². The van der Waals surface area contributed by atoms with E-state index >= 15 is 0 Å². The minimum atomic E-state index is -0.442. The van der Waals surface area contributed by atoms with E-state index < -0.39 is 6.03 Å². The Morgan fingerprint density at radius 2 is 2.31 bits per heavy atom. The summed E-state index contributed by atoms with van der Waals surface area (Å²) in [4.78, 5) is 12.3. The summed E-state index contributed by atoms with van der Waals surface area (Å²) in [5.41, 5.74) is 5.13. The summed E-state index contributed by atoms with van der Waals surface area (Å²) in [6.07, 6.45) is 5.88. The van der Waals surface area contributed by atoms with E-state index in [-0.39, 0.29) is 6.61 Å². The highest BCUT2D eigenvalue weighted by molar-refractivity contribution is 5.73.